The van der Waals surface area contributed by atoms with Gasteiger partial charge in [-0.05, 0) is 0 Å². The van der Waals surface area contributed by atoms with Crippen LogP contribution in [-0.2, 0) is 34.1 Å². The molecule has 0 fully saturated rings. The second-order valence-electron chi connectivity index (χ2n) is 0.100. The van der Waals surface area contributed by atoms with E-state index in [0.717, 1.165) is 6.26 Å². The van der Waals surface area contributed by atoms with E-state index in [1.807, 2.05) is 0 Å². The van der Waals surface area contributed by atoms with E-state index < -0.39 is 0 Å². The van der Waals surface area contributed by atoms with Gasteiger partial charge in [0.25, 0.3) is 6.26 Å². The third kappa shape index (κ3) is 217. The van der Waals surface area contributed by atoms with Crippen LogP contribution < -0.4 is 0 Å². The predicted molar refractivity (Wildman–Crippen MR) is 7.55 cm³/mol. The first-order chi connectivity index (χ1) is 1.41. The molecule has 31 valence electrons. The van der Waals surface area contributed by atoms with Crippen molar-refractivity contribution < 1.29 is 39.2 Å². The monoisotopic (exact) mass is 154 g/mol. The normalized spacial score (nSPS) is 1.40. The van der Waals surface area contributed by atoms with Crippen molar-refractivity contribution in [3.05, 3.63) is 0 Å². The molecule has 0 amide bonds. The molecule has 0 unspecified atom stereocenters. The summed E-state index contributed by atoms with van der Waals surface area (Å²) in [6, 6.07) is 0. The number of nitriles is 1. The molecule has 0 atom stereocenters. The number of aliphatic hydroxyl groups is 1. The molecule has 2 nitrogen and oxygen atoms in total. The average Bonchev–Trinajstić information content (AvgIpc) is 0.918. The Morgan fingerprint density at radius 2 is 1.60 bits per heavy atom. The van der Waals surface area contributed by atoms with Crippen LogP contribution in [0.15, 0.2) is 0 Å². The standard InChI is InChI=1S/CHNO.Fe.Mn/c2-1-3;;/h3H;;. The molecule has 0 heterocycles. The Morgan fingerprint density at radius 1 is 1.60 bits per heavy atom. The van der Waals surface area contributed by atoms with Gasteiger partial charge in [0.2, 0.25) is 0 Å². The van der Waals surface area contributed by atoms with Crippen LogP contribution in [0.25, 0.3) is 0 Å². The minimum Gasteiger partial charge on any atom is -0.443 e. The van der Waals surface area contributed by atoms with Crippen molar-refractivity contribution in [2.24, 2.45) is 0 Å². The summed E-state index contributed by atoms with van der Waals surface area (Å²) in [5.74, 6) is 0. The average molecular weight is 154 g/mol. The van der Waals surface area contributed by atoms with E-state index in [1.54, 1.807) is 0 Å². The van der Waals surface area contributed by atoms with E-state index in [1.165, 1.54) is 0 Å². The molecule has 0 aliphatic carbocycles. The van der Waals surface area contributed by atoms with E-state index in [-0.39, 0.29) is 34.1 Å². The maximum Gasteiger partial charge on any atom is 0.283 e. The maximum absolute atomic E-state index is 6.88. The minimum atomic E-state index is 0. The van der Waals surface area contributed by atoms with E-state index in [0.29, 0.717) is 0 Å². The zero-order valence-electron chi connectivity index (χ0n) is 2.13. The molecule has 0 saturated carbocycles. The zero-order valence-corrected chi connectivity index (χ0v) is 4.41. The van der Waals surface area contributed by atoms with Gasteiger partial charge < -0.3 is 5.11 Å². The first-order valence-electron chi connectivity index (χ1n) is 0.447. The Balaban J connectivity index is -0.0000000200. The van der Waals surface area contributed by atoms with Gasteiger partial charge in [0.1, 0.15) is 0 Å². The van der Waals surface area contributed by atoms with E-state index in [2.05, 4.69) is 0 Å². The van der Waals surface area contributed by atoms with Crippen LogP contribution in [0, 0.1) is 11.5 Å². The van der Waals surface area contributed by atoms with Gasteiger partial charge in [-0.15, -0.1) is 0 Å². The molecular formula is CHFeMnNO. The van der Waals surface area contributed by atoms with Crippen molar-refractivity contribution in [2.45, 2.75) is 0 Å². The molecule has 1 N–H and O–H groups in total. The van der Waals surface area contributed by atoms with Crippen LogP contribution >= 0.6 is 0 Å². The van der Waals surface area contributed by atoms with Gasteiger partial charge in [-0.3, -0.25) is 0 Å². The number of hydrogen-bond acceptors (Lipinski definition) is 2. The van der Waals surface area contributed by atoms with Gasteiger partial charge in [-0.2, -0.15) is 5.26 Å². The molecule has 4 heteroatoms. The smallest absolute Gasteiger partial charge is 0.283 e. The van der Waals surface area contributed by atoms with Gasteiger partial charge in [0, 0.05) is 34.1 Å². The third-order valence-electron chi connectivity index (χ3n) is 0. The molecule has 0 aromatic rings. The predicted octanol–water partition coefficient (Wildman–Crippen LogP) is -0.165. The summed E-state index contributed by atoms with van der Waals surface area (Å²) in [5.41, 5.74) is 0. The molecule has 0 bridgehead atoms. The van der Waals surface area contributed by atoms with Gasteiger partial charge in [0.15, 0.2) is 0 Å². The zero-order chi connectivity index (χ0) is 2.71. The summed E-state index contributed by atoms with van der Waals surface area (Å²) < 4.78 is 0. The van der Waals surface area contributed by atoms with E-state index >= 15 is 0 Å². The second kappa shape index (κ2) is 27.2. The number of aliphatic hydroxyl groups excluding tert-OH is 1. The van der Waals surface area contributed by atoms with Crippen LogP contribution in [0.5, 0.6) is 0 Å². The van der Waals surface area contributed by atoms with Gasteiger partial charge in [-0.1, -0.05) is 0 Å². The van der Waals surface area contributed by atoms with Gasteiger partial charge in [0.05, 0.1) is 0 Å². The van der Waals surface area contributed by atoms with Crippen molar-refractivity contribution in [1.29, 1.82) is 5.26 Å². The first kappa shape index (κ1) is 18.4. The Labute approximate surface area is 51.1 Å². The van der Waals surface area contributed by atoms with Crippen LogP contribution in [0.2, 0.25) is 0 Å². The molecule has 5 heavy (non-hydrogen) atoms. The summed E-state index contributed by atoms with van der Waals surface area (Å²) in [4.78, 5) is 0. The van der Waals surface area contributed by atoms with Gasteiger partial charge >= 0.3 is 0 Å². The molecule has 0 spiro atoms. The Morgan fingerprint density at radius 3 is 1.60 bits per heavy atom. The summed E-state index contributed by atoms with van der Waals surface area (Å²) in [6.07, 6.45) is 0.750. The number of hydrogen-bond donors (Lipinski definition) is 1. The molecule has 0 saturated heterocycles. The number of nitrogens with zero attached hydrogens (tertiary/aromatic N) is 1. The van der Waals surface area contributed by atoms with Crippen molar-refractivity contribution in [3.8, 4) is 6.26 Å². The third-order valence-corrected chi connectivity index (χ3v) is 0. The quantitative estimate of drug-likeness (QED) is 0.388. The summed E-state index contributed by atoms with van der Waals surface area (Å²) in [7, 11) is 0. The second-order valence-corrected chi connectivity index (χ2v) is 0.100. The minimum absolute atomic E-state index is 0. The molecule has 0 aromatic heterocycles. The van der Waals surface area contributed by atoms with Crippen molar-refractivity contribution in [1.82, 2.24) is 0 Å². The molecule has 0 rings (SSSR count). The molecule has 0 aliphatic heterocycles. The van der Waals surface area contributed by atoms with Crippen molar-refractivity contribution in [2.75, 3.05) is 0 Å². The summed E-state index contributed by atoms with van der Waals surface area (Å²) in [5, 5.41) is 13.8. The Kier molecular flexibility index (Phi) is 100. The van der Waals surface area contributed by atoms with Crippen molar-refractivity contribution >= 4 is 0 Å². The van der Waals surface area contributed by atoms with Crippen molar-refractivity contribution in [3.63, 3.8) is 0 Å². The first-order valence-corrected chi connectivity index (χ1v) is 0.447. The topological polar surface area (TPSA) is 44.0 Å². The van der Waals surface area contributed by atoms with Crippen LogP contribution in [0.3, 0.4) is 0 Å². The van der Waals surface area contributed by atoms with E-state index in [4.69, 9.17) is 10.4 Å². The number of rotatable bonds is 0. The van der Waals surface area contributed by atoms with E-state index in [9.17, 15) is 0 Å². The van der Waals surface area contributed by atoms with Crippen LogP contribution in [-0.4, -0.2) is 5.11 Å². The SMILES string of the molecule is N#CO.[Fe].[Mn]. The Hall–Kier alpha value is 0.329. The summed E-state index contributed by atoms with van der Waals surface area (Å²) in [6.45, 7) is 0. The Bertz CT molecular complexity index is 33.1. The van der Waals surface area contributed by atoms with Crippen LogP contribution in [0.1, 0.15) is 0 Å². The molecular weight excluding hydrogens is 153 g/mol. The fourth-order valence-corrected chi connectivity index (χ4v) is 0. The van der Waals surface area contributed by atoms with Gasteiger partial charge in [-0.25, -0.2) is 0 Å². The molecule has 0 aromatic carbocycles. The van der Waals surface area contributed by atoms with Crippen LogP contribution in [0.4, 0.5) is 0 Å². The fourth-order valence-electron chi connectivity index (χ4n) is 0. The molecule has 0 aliphatic rings. The largest absolute Gasteiger partial charge is 0.443 e. The fraction of sp³-hybridized carbons (Fsp3) is 0. The summed E-state index contributed by atoms with van der Waals surface area (Å²) >= 11 is 0. The molecule has 1 radical (unpaired) electrons. The maximum atomic E-state index is 6.88.